The van der Waals surface area contributed by atoms with Crippen LogP contribution >= 0.6 is 22.9 Å². The SMILES string of the molecule is C=C1[C@@H]2CN(c3nc(CC)c(F)c(OC)n3)C[C@]2(c2ccc(Cl)s2)NC(=N)N1C. The Bertz CT molecular complexity index is 972. The van der Waals surface area contributed by atoms with Gasteiger partial charge in [0.2, 0.25) is 11.8 Å². The summed E-state index contributed by atoms with van der Waals surface area (Å²) >= 11 is 7.70. The molecule has 0 saturated carbocycles. The minimum atomic E-state index is -0.587. The first kappa shape index (κ1) is 19.9. The molecule has 29 heavy (non-hydrogen) atoms. The maximum atomic E-state index is 14.4. The molecule has 0 radical (unpaired) electrons. The first-order valence-electron chi connectivity index (χ1n) is 9.21. The number of guanidine groups is 1. The van der Waals surface area contributed by atoms with Crippen LogP contribution in [0.25, 0.3) is 0 Å². The molecule has 154 valence electrons. The summed E-state index contributed by atoms with van der Waals surface area (Å²) in [6, 6.07) is 3.83. The van der Waals surface area contributed by atoms with Crippen LogP contribution in [0.2, 0.25) is 4.34 Å². The monoisotopic (exact) mass is 436 g/mol. The number of rotatable bonds is 4. The highest BCUT2D eigenvalue weighted by molar-refractivity contribution is 7.16. The highest BCUT2D eigenvalue weighted by Gasteiger charge is 2.55. The average Bonchev–Trinajstić information content (AvgIpc) is 3.31. The number of anilines is 1. The summed E-state index contributed by atoms with van der Waals surface area (Å²) in [5, 5.41) is 11.8. The Morgan fingerprint density at radius 1 is 1.48 bits per heavy atom. The second-order valence-electron chi connectivity index (χ2n) is 7.18. The highest BCUT2D eigenvalue weighted by Crippen LogP contribution is 2.47. The number of aromatic nitrogens is 2. The third-order valence-corrected chi connectivity index (χ3v) is 7.06. The third kappa shape index (κ3) is 3.03. The smallest absolute Gasteiger partial charge is 0.255 e. The number of aryl methyl sites for hydroxylation is 1. The normalized spacial score (nSPS) is 24.0. The lowest BCUT2D eigenvalue weighted by Crippen LogP contribution is -2.60. The lowest BCUT2D eigenvalue weighted by atomic mass is 9.81. The molecule has 2 atom stereocenters. The molecule has 2 aliphatic heterocycles. The summed E-state index contributed by atoms with van der Waals surface area (Å²) in [7, 11) is 3.21. The Balaban J connectivity index is 1.80. The lowest BCUT2D eigenvalue weighted by molar-refractivity contribution is 0.274. The van der Waals surface area contributed by atoms with Gasteiger partial charge in [-0.05, 0) is 18.6 Å². The van der Waals surface area contributed by atoms with E-state index in [1.165, 1.54) is 18.4 Å². The van der Waals surface area contributed by atoms with Gasteiger partial charge in [-0.15, -0.1) is 11.3 Å². The molecule has 0 amide bonds. The lowest BCUT2D eigenvalue weighted by Gasteiger charge is -2.45. The molecule has 0 bridgehead atoms. The van der Waals surface area contributed by atoms with Crippen molar-refractivity contribution in [2.45, 2.75) is 18.9 Å². The fourth-order valence-corrected chi connectivity index (χ4v) is 5.26. The quantitative estimate of drug-likeness (QED) is 0.766. The zero-order chi connectivity index (χ0) is 20.9. The fourth-order valence-electron chi connectivity index (χ4n) is 4.03. The molecule has 4 heterocycles. The predicted octanol–water partition coefficient (Wildman–Crippen LogP) is 3.22. The molecule has 0 aromatic carbocycles. The van der Waals surface area contributed by atoms with Gasteiger partial charge >= 0.3 is 0 Å². The number of nitrogens with zero attached hydrogens (tertiary/aromatic N) is 4. The van der Waals surface area contributed by atoms with Crippen molar-refractivity contribution in [1.29, 1.82) is 5.41 Å². The molecule has 2 aliphatic rings. The maximum Gasteiger partial charge on any atom is 0.255 e. The molecular formula is C19H22ClFN6OS. The standard InChI is InChI=1S/C19H22ClFN6OS/c1-5-12-15(21)16(28-4)24-18(23-12)27-8-11-10(2)26(3)17(22)25-19(11,9-27)13-6-7-14(20)29-13/h6-7,11H,2,5,8-9H2,1,3-4H3,(H2,22,25)/t11-,19-/m0/s1. The Morgan fingerprint density at radius 2 is 2.24 bits per heavy atom. The van der Waals surface area contributed by atoms with Crippen molar-refractivity contribution in [2.24, 2.45) is 5.92 Å². The second kappa shape index (κ2) is 7.14. The minimum absolute atomic E-state index is 0.0407. The van der Waals surface area contributed by atoms with Gasteiger partial charge in [0.05, 0.1) is 17.1 Å². The molecule has 7 nitrogen and oxygen atoms in total. The largest absolute Gasteiger partial charge is 0.479 e. The number of thiophene rings is 1. The van der Waals surface area contributed by atoms with Gasteiger partial charge in [-0.3, -0.25) is 5.41 Å². The summed E-state index contributed by atoms with van der Waals surface area (Å²) in [6.45, 7) is 7.13. The van der Waals surface area contributed by atoms with E-state index in [4.69, 9.17) is 21.7 Å². The van der Waals surface area contributed by atoms with Gasteiger partial charge in [0.1, 0.15) is 5.54 Å². The van der Waals surface area contributed by atoms with Crippen LogP contribution in [0.1, 0.15) is 17.5 Å². The molecule has 0 spiro atoms. The number of halogens is 2. The number of fused-ring (bicyclic) bond motifs is 1. The molecular weight excluding hydrogens is 415 g/mol. The third-order valence-electron chi connectivity index (χ3n) is 5.65. The van der Waals surface area contributed by atoms with E-state index in [0.717, 1.165) is 10.6 Å². The molecule has 2 saturated heterocycles. The van der Waals surface area contributed by atoms with Crippen molar-refractivity contribution < 1.29 is 9.13 Å². The van der Waals surface area contributed by atoms with Gasteiger partial charge < -0.3 is 19.9 Å². The van der Waals surface area contributed by atoms with E-state index in [-0.39, 0.29) is 17.8 Å². The van der Waals surface area contributed by atoms with Gasteiger partial charge in [-0.1, -0.05) is 25.1 Å². The predicted molar refractivity (Wildman–Crippen MR) is 112 cm³/mol. The Kier molecular flexibility index (Phi) is 4.90. The van der Waals surface area contributed by atoms with Crippen LogP contribution in [-0.2, 0) is 12.0 Å². The van der Waals surface area contributed by atoms with Gasteiger partial charge in [0.25, 0.3) is 5.88 Å². The van der Waals surface area contributed by atoms with Crippen molar-refractivity contribution in [3.8, 4) is 5.88 Å². The number of nitrogens with one attached hydrogen (secondary N) is 2. The van der Waals surface area contributed by atoms with E-state index in [1.807, 2.05) is 31.0 Å². The van der Waals surface area contributed by atoms with Crippen LogP contribution in [0.15, 0.2) is 24.4 Å². The summed E-state index contributed by atoms with van der Waals surface area (Å²) in [6.07, 6.45) is 0.430. The molecule has 2 aromatic rings. The highest BCUT2D eigenvalue weighted by atomic mass is 35.5. The maximum absolute atomic E-state index is 14.4. The van der Waals surface area contributed by atoms with E-state index < -0.39 is 11.4 Å². The molecule has 0 aliphatic carbocycles. The first-order chi connectivity index (χ1) is 13.8. The Morgan fingerprint density at radius 3 is 2.86 bits per heavy atom. The van der Waals surface area contributed by atoms with Crippen LogP contribution in [0.4, 0.5) is 10.3 Å². The minimum Gasteiger partial charge on any atom is -0.479 e. The van der Waals surface area contributed by atoms with Crippen LogP contribution in [-0.4, -0.2) is 48.1 Å². The fraction of sp³-hybridized carbons (Fsp3) is 0.421. The van der Waals surface area contributed by atoms with Gasteiger partial charge in [0.15, 0.2) is 5.96 Å². The molecule has 4 rings (SSSR count). The first-order valence-corrected chi connectivity index (χ1v) is 10.4. The van der Waals surface area contributed by atoms with E-state index in [9.17, 15) is 4.39 Å². The number of ether oxygens (including phenoxy) is 1. The Labute approximate surface area is 177 Å². The van der Waals surface area contributed by atoms with Crippen molar-refractivity contribution in [2.75, 3.05) is 32.1 Å². The van der Waals surface area contributed by atoms with Crippen molar-refractivity contribution in [1.82, 2.24) is 20.2 Å². The van der Waals surface area contributed by atoms with Crippen LogP contribution < -0.4 is 15.0 Å². The summed E-state index contributed by atoms with van der Waals surface area (Å²) in [5.41, 5.74) is 0.549. The zero-order valence-electron chi connectivity index (χ0n) is 16.4. The molecule has 2 fully saturated rings. The van der Waals surface area contributed by atoms with Gasteiger partial charge in [0, 0.05) is 36.6 Å². The summed E-state index contributed by atoms with van der Waals surface area (Å²) in [4.78, 5) is 13.5. The van der Waals surface area contributed by atoms with Crippen LogP contribution in [0, 0.1) is 17.1 Å². The second-order valence-corrected chi connectivity index (χ2v) is 8.89. The average molecular weight is 437 g/mol. The Hall–Kier alpha value is -2.39. The van der Waals surface area contributed by atoms with Crippen LogP contribution in [0.5, 0.6) is 5.88 Å². The van der Waals surface area contributed by atoms with Crippen molar-refractivity contribution in [3.63, 3.8) is 0 Å². The van der Waals surface area contributed by atoms with E-state index in [0.29, 0.717) is 35.5 Å². The topological polar surface area (TPSA) is 77.4 Å². The van der Waals surface area contributed by atoms with Gasteiger partial charge in [-0.2, -0.15) is 9.37 Å². The number of hydrogen-bond acceptors (Lipinski definition) is 6. The van der Waals surface area contributed by atoms with E-state index in [1.54, 1.807) is 4.90 Å². The molecule has 2 aromatic heterocycles. The molecule has 2 N–H and O–H groups in total. The van der Waals surface area contributed by atoms with Crippen molar-refractivity contribution in [3.05, 3.63) is 45.1 Å². The number of hydrogen-bond donors (Lipinski definition) is 2. The molecule has 10 heteroatoms. The van der Waals surface area contributed by atoms with E-state index >= 15 is 0 Å². The van der Waals surface area contributed by atoms with Crippen molar-refractivity contribution >= 4 is 34.8 Å². The van der Waals surface area contributed by atoms with E-state index in [2.05, 4.69) is 21.9 Å². The summed E-state index contributed by atoms with van der Waals surface area (Å²) < 4.78 is 20.2. The van der Waals surface area contributed by atoms with Gasteiger partial charge in [-0.25, -0.2) is 4.98 Å². The molecule has 0 unspecified atom stereocenters. The zero-order valence-corrected chi connectivity index (χ0v) is 18.0. The van der Waals surface area contributed by atoms with Crippen LogP contribution in [0.3, 0.4) is 0 Å². The summed E-state index contributed by atoms with van der Waals surface area (Å²) in [5.74, 6) is 0.0385. The number of methoxy groups -OCH3 is 1.